The SMILES string of the molecule is CC(C)(C)c1cccc(C2(NC[C@H](O)[C@H](Cc3cc(F)cc(F)c3)NC(=O)C3CCCN3CC(=O)O)CCCCC2)c1. The lowest BCUT2D eigenvalue weighted by molar-refractivity contribution is -0.139. The number of benzene rings is 2. The van der Waals surface area contributed by atoms with E-state index in [0.717, 1.165) is 38.2 Å². The van der Waals surface area contributed by atoms with Gasteiger partial charge in [-0.05, 0) is 72.9 Å². The zero-order valence-corrected chi connectivity index (χ0v) is 25.0. The topological polar surface area (TPSA) is 102 Å². The van der Waals surface area contributed by atoms with Crippen molar-refractivity contribution < 1.29 is 28.6 Å². The Bertz CT molecular complexity index is 1220. The van der Waals surface area contributed by atoms with Crippen molar-refractivity contribution in [1.82, 2.24) is 15.5 Å². The zero-order chi connectivity index (χ0) is 30.5. The average molecular weight is 586 g/mol. The normalized spacial score (nSPS) is 20.7. The Hall–Kier alpha value is -2.88. The number of nitrogens with zero attached hydrogens (tertiary/aromatic N) is 1. The molecular formula is C33H45F2N3O4. The Kier molecular flexibility index (Phi) is 10.4. The second-order valence-corrected chi connectivity index (χ2v) is 13.0. The largest absolute Gasteiger partial charge is 0.480 e. The minimum atomic E-state index is -1.07. The molecule has 3 atom stereocenters. The minimum Gasteiger partial charge on any atom is -0.480 e. The van der Waals surface area contributed by atoms with Gasteiger partial charge in [-0.25, -0.2) is 8.78 Å². The second-order valence-electron chi connectivity index (χ2n) is 13.0. The Morgan fingerprint density at radius 2 is 1.74 bits per heavy atom. The van der Waals surface area contributed by atoms with Gasteiger partial charge in [0.2, 0.25) is 5.91 Å². The Morgan fingerprint density at radius 3 is 2.38 bits per heavy atom. The predicted octanol–water partition coefficient (Wildman–Crippen LogP) is 4.65. The van der Waals surface area contributed by atoms with Gasteiger partial charge < -0.3 is 20.8 Å². The molecule has 0 radical (unpaired) electrons. The summed E-state index contributed by atoms with van der Waals surface area (Å²) in [5.74, 6) is -2.86. The number of carbonyl (C=O) groups excluding carboxylic acids is 1. The molecule has 2 aromatic carbocycles. The van der Waals surface area contributed by atoms with Crippen molar-refractivity contribution in [2.24, 2.45) is 0 Å². The van der Waals surface area contributed by atoms with Crippen LogP contribution in [0.15, 0.2) is 42.5 Å². The van der Waals surface area contributed by atoms with Crippen molar-refractivity contribution in [2.45, 2.75) is 101 Å². The van der Waals surface area contributed by atoms with Gasteiger partial charge in [-0.15, -0.1) is 0 Å². The summed E-state index contributed by atoms with van der Waals surface area (Å²) in [5, 5.41) is 27.4. The van der Waals surface area contributed by atoms with Gasteiger partial charge in [0, 0.05) is 18.2 Å². The first-order valence-corrected chi connectivity index (χ1v) is 15.1. The lowest BCUT2D eigenvalue weighted by Gasteiger charge is -2.41. The highest BCUT2D eigenvalue weighted by atomic mass is 19.1. The molecule has 0 spiro atoms. The van der Waals surface area contributed by atoms with E-state index in [1.165, 1.54) is 23.3 Å². The number of carboxylic acid groups (broad SMARTS) is 1. The molecule has 1 saturated heterocycles. The first-order chi connectivity index (χ1) is 19.9. The number of rotatable bonds is 11. The third kappa shape index (κ3) is 8.14. The summed E-state index contributed by atoms with van der Waals surface area (Å²) < 4.78 is 28.1. The van der Waals surface area contributed by atoms with E-state index in [1.807, 2.05) is 0 Å². The fourth-order valence-electron chi connectivity index (χ4n) is 6.48. The highest BCUT2D eigenvalue weighted by Crippen LogP contribution is 2.38. The summed E-state index contributed by atoms with van der Waals surface area (Å²) in [4.78, 5) is 26.3. The van der Waals surface area contributed by atoms with Gasteiger partial charge in [0.1, 0.15) is 11.6 Å². The van der Waals surface area contributed by atoms with E-state index in [-0.39, 0.29) is 36.4 Å². The lowest BCUT2D eigenvalue weighted by Crippen LogP contribution is -2.56. The molecule has 1 saturated carbocycles. The van der Waals surface area contributed by atoms with Crippen LogP contribution in [0.3, 0.4) is 0 Å². The molecule has 1 heterocycles. The molecule has 2 aromatic rings. The highest BCUT2D eigenvalue weighted by molar-refractivity contribution is 5.83. The molecule has 7 nitrogen and oxygen atoms in total. The van der Waals surface area contributed by atoms with Crippen molar-refractivity contribution >= 4 is 11.9 Å². The number of halogens is 2. The number of hydrogen-bond acceptors (Lipinski definition) is 5. The number of aliphatic hydroxyl groups excluding tert-OH is 1. The number of carboxylic acids is 1. The third-order valence-electron chi connectivity index (χ3n) is 8.81. The molecule has 42 heavy (non-hydrogen) atoms. The molecule has 230 valence electrons. The van der Waals surface area contributed by atoms with Crippen molar-refractivity contribution in [2.75, 3.05) is 19.6 Å². The molecule has 1 amide bonds. The van der Waals surface area contributed by atoms with E-state index in [1.54, 1.807) is 4.90 Å². The van der Waals surface area contributed by atoms with Crippen LogP contribution in [-0.2, 0) is 27.0 Å². The fourth-order valence-corrected chi connectivity index (χ4v) is 6.48. The molecule has 4 rings (SSSR count). The van der Waals surface area contributed by atoms with Crippen molar-refractivity contribution in [3.8, 4) is 0 Å². The van der Waals surface area contributed by atoms with Gasteiger partial charge >= 0.3 is 5.97 Å². The standard InChI is InChI=1S/C33H45F2N3O4/c1-32(2,3)23-9-7-10-24(18-23)33(12-5-4-6-13-33)36-20-29(39)27(17-22-15-25(34)19-26(35)16-22)37-31(42)28-11-8-14-38(28)21-30(40)41/h7,9-10,15-16,18-19,27-29,36,39H,4-6,8,11-14,17,20-21H2,1-3H3,(H,37,42)(H,40,41)/t27-,28?,29-/m0/s1. The van der Waals surface area contributed by atoms with Gasteiger partial charge in [0.15, 0.2) is 0 Å². The van der Waals surface area contributed by atoms with Crippen LogP contribution in [-0.4, -0.2) is 64.8 Å². The third-order valence-corrected chi connectivity index (χ3v) is 8.81. The maximum Gasteiger partial charge on any atom is 0.317 e. The monoisotopic (exact) mass is 585 g/mol. The van der Waals surface area contributed by atoms with Gasteiger partial charge in [-0.3, -0.25) is 14.5 Å². The average Bonchev–Trinajstić information content (AvgIpc) is 3.38. The quantitative estimate of drug-likeness (QED) is 0.306. The number of hydrogen-bond donors (Lipinski definition) is 4. The highest BCUT2D eigenvalue weighted by Gasteiger charge is 2.37. The molecular weight excluding hydrogens is 540 g/mol. The van der Waals surface area contributed by atoms with E-state index in [9.17, 15) is 28.6 Å². The minimum absolute atomic E-state index is 0.0153. The Morgan fingerprint density at radius 1 is 1.05 bits per heavy atom. The molecule has 9 heteroatoms. The van der Waals surface area contributed by atoms with Crippen molar-refractivity contribution in [1.29, 1.82) is 0 Å². The van der Waals surface area contributed by atoms with Gasteiger partial charge in [-0.1, -0.05) is 64.3 Å². The summed E-state index contributed by atoms with van der Waals surface area (Å²) in [5.41, 5.74) is 2.35. The van der Waals surface area contributed by atoms with E-state index in [0.29, 0.717) is 24.9 Å². The van der Waals surface area contributed by atoms with Crippen LogP contribution in [0.2, 0.25) is 0 Å². The number of amides is 1. The Labute approximate surface area is 247 Å². The fraction of sp³-hybridized carbons (Fsp3) is 0.576. The number of carbonyl (C=O) groups is 2. The molecule has 2 aliphatic rings. The Balaban J connectivity index is 1.56. The maximum atomic E-state index is 14.0. The van der Waals surface area contributed by atoms with Crippen LogP contribution < -0.4 is 10.6 Å². The first kappa shape index (κ1) is 32.0. The van der Waals surface area contributed by atoms with E-state index in [4.69, 9.17) is 0 Å². The van der Waals surface area contributed by atoms with E-state index < -0.39 is 35.8 Å². The van der Waals surface area contributed by atoms with E-state index in [2.05, 4.69) is 55.7 Å². The summed E-state index contributed by atoms with van der Waals surface area (Å²) in [6, 6.07) is 10.3. The summed E-state index contributed by atoms with van der Waals surface area (Å²) >= 11 is 0. The predicted molar refractivity (Wildman–Crippen MR) is 158 cm³/mol. The smallest absolute Gasteiger partial charge is 0.317 e. The van der Waals surface area contributed by atoms with Gasteiger partial charge in [-0.2, -0.15) is 0 Å². The van der Waals surface area contributed by atoms with Crippen LogP contribution in [0.25, 0.3) is 0 Å². The molecule has 4 N–H and O–H groups in total. The van der Waals surface area contributed by atoms with Crippen LogP contribution in [0.1, 0.15) is 82.4 Å². The molecule has 1 unspecified atom stereocenters. The molecule has 1 aliphatic heterocycles. The molecule has 1 aliphatic carbocycles. The van der Waals surface area contributed by atoms with Gasteiger partial charge in [0.05, 0.1) is 24.7 Å². The first-order valence-electron chi connectivity index (χ1n) is 15.1. The maximum absolute atomic E-state index is 14.0. The molecule has 2 fully saturated rings. The van der Waals surface area contributed by atoms with Crippen LogP contribution in [0, 0.1) is 11.6 Å². The lowest BCUT2D eigenvalue weighted by atomic mass is 9.74. The number of aliphatic hydroxyl groups is 1. The van der Waals surface area contributed by atoms with Crippen molar-refractivity contribution in [3.63, 3.8) is 0 Å². The number of nitrogens with one attached hydrogen (secondary N) is 2. The second kappa shape index (κ2) is 13.6. The van der Waals surface area contributed by atoms with E-state index >= 15 is 0 Å². The summed E-state index contributed by atoms with van der Waals surface area (Å²) in [6.07, 6.45) is 5.19. The molecule has 0 aromatic heterocycles. The number of aliphatic carboxylic acids is 1. The van der Waals surface area contributed by atoms with Gasteiger partial charge in [0.25, 0.3) is 0 Å². The van der Waals surface area contributed by atoms with Crippen LogP contribution in [0.4, 0.5) is 8.78 Å². The zero-order valence-electron chi connectivity index (χ0n) is 25.0. The van der Waals surface area contributed by atoms with Crippen LogP contribution in [0.5, 0.6) is 0 Å². The van der Waals surface area contributed by atoms with Crippen molar-refractivity contribution in [3.05, 3.63) is 70.8 Å². The number of likely N-dealkylation sites (tertiary alicyclic amines) is 1. The molecule has 0 bridgehead atoms. The summed E-state index contributed by atoms with van der Waals surface area (Å²) in [7, 11) is 0. The summed E-state index contributed by atoms with van der Waals surface area (Å²) in [6.45, 7) is 6.94. The van der Waals surface area contributed by atoms with Crippen LogP contribution >= 0.6 is 0 Å².